The molecule has 0 aliphatic carbocycles. The number of benzene rings is 2. The highest BCUT2D eigenvalue weighted by molar-refractivity contribution is 5.76. The molecule has 186 valence electrons. The molecule has 1 saturated heterocycles. The van der Waals surface area contributed by atoms with E-state index >= 15 is 0 Å². The van der Waals surface area contributed by atoms with Gasteiger partial charge in [-0.25, -0.2) is 8.78 Å². The van der Waals surface area contributed by atoms with E-state index < -0.39 is 0 Å². The minimum absolute atomic E-state index is 0.111. The van der Waals surface area contributed by atoms with E-state index in [9.17, 15) is 13.6 Å². The molecule has 0 unspecified atom stereocenters. The first-order valence-electron chi connectivity index (χ1n) is 12.1. The van der Waals surface area contributed by atoms with Crippen molar-refractivity contribution >= 4 is 5.91 Å². The van der Waals surface area contributed by atoms with Gasteiger partial charge in [-0.2, -0.15) is 4.98 Å². The van der Waals surface area contributed by atoms with Gasteiger partial charge in [0, 0.05) is 44.4 Å². The summed E-state index contributed by atoms with van der Waals surface area (Å²) >= 11 is 0. The molecular formula is C27H32F2N4O2. The van der Waals surface area contributed by atoms with Crippen molar-refractivity contribution in [3.63, 3.8) is 0 Å². The number of aromatic nitrogens is 2. The van der Waals surface area contributed by atoms with Crippen molar-refractivity contribution in [2.75, 3.05) is 26.2 Å². The van der Waals surface area contributed by atoms with Gasteiger partial charge in [-0.15, -0.1) is 0 Å². The Balaban J connectivity index is 1.34. The van der Waals surface area contributed by atoms with Gasteiger partial charge in [0.05, 0.1) is 6.04 Å². The number of halogens is 2. The van der Waals surface area contributed by atoms with Crippen molar-refractivity contribution in [3.8, 4) is 0 Å². The van der Waals surface area contributed by atoms with Crippen LogP contribution >= 0.6 is 0 Å². The number of piperazine rings is 1. The monoisotopic (exact) mass is 482 g/mol. The Morgan fingerprint density at radius 1 is 0.943 bits per heavy atom. The fraction of sp³-hybridized carbons (Fsp3) is 0.444. The van der Waals surface area contributed by atoms with Gasteiger partial charge in [0.25, 0.3) is 0 Å². The number of nitrogens with zero attached hydrogens (tertiary/aromatic N) is 4. The lowest BCUT2D eigenvalue weighted by molar-refractivity contribution is -0.133. The summed E-state index contributed by atoms with van der Waals surface area (Å²) in [4.78, 5) is 21.4. The van der Waals surface area contributed by atoms with E-state index in [-0.39, 0.29) is 29.0 Å². The third-order valence-electron chi connectivity index (χ3n) is 6.32. The highest BCUT2D eigenvalue weighted by atomic mass is 19.1. The van der Waals surface area contributed by atoms with Gasteiger partial charge in [-0.05, 0) is 41.8 Å². The summed E-state index contributed by atoms with van der Waals surface area (Å²) in [5.74, 6) is 0.760. The van der Waals surface area contributed by atoms with Crippen molar-refractivity contribution in [2.45, 2.75) is 51.5 Å². The smallest absolute Gasteiger partial charge is 0.226 e. The van der Waals surface area contributed by atoms with E-state index in [4.69, 9.17) is 4.52 Å². The Morgan fingerprint density at radius 3 is 1.97 bits per heavy atom. The second-order valence-corrected chi connectivity index (χ2v) is 10.0. The van der Waals surface area contributed by atoms with Crippen LogP contribution in [0.1, 0.15) is 62.5 Å². The van der Waals surface area contributed by atoms with Crippen LogP contribution in [-0.2, 0) is 16.6 Å². The Kier molecular flexibility index (Phi) is 7.60. The molecule has 35 heavy (non-hydrogen) atoms. The molecule has 1 aromatic heterocycles. The van der Waals surface area contributed by atoms with Crippen LogP contribution < -0.4 is 0 Å². The first-order valence-corrected chi connectivity index (χ1v) is 12.1. The SMILES string of the molecule is CC(C)(C)c1noc(CCCC(=O)N2CCN(C(c3ccc(F)cc3)c3ccc(F)cc3)CC2)n1. The third kappa shape index (κ3) is 6.31. The summed E-state index contributed by atoms with van der Waals surface area (Å²) in [6.45, 7) is 8.64. The Morgan fingerprint density at radius 2 is 1.49 bits per heavy atom. The molecule has 0 bridgehead atoms. The summed E-state index contributed by atoms with van der Waals surface area (Å²) in [5, 5.41) is 4.03. The molecule has 1 aliphatic heterocycles. The van der Waals surface area contributed by atoms with Crippen LogP contribution in [0.25, 0.3) is 0 Å². The number of aryl methyl sites for hydroxylation is 1. The second kappa shape index (κ2) is 10.6. The Bertz CT molecular complexity index is 1070. The molecule has 0 saturated carbocycles. The number of amides is 1. The quantitative estimate of drug-likeness (QED) is 0.479. The molecule has 1 amide bonds. The summed E-state index contributed by atoms with van der Waals surface area (Å²) in [6, 6.07) is 12.7. The molecule has 4 rings (SSSR count). The van der Waals surface area contributed by atoms with Crippen LogP contribution in [0.2, 0.25) is 0 Å². The zero-order chi connectivity index (χ0) is 25.0. The summed E-state index contributed by atoms with van der Waals surface area (Å²) in [5.41, 5.74) is 1.70. The molecule has 8 heteroatoms. The molecule has 0 N–H and O–H groups in total. The molecule has 6 nitrogen and oxygen atoms in total. The number of carbonyl (C=O) groups excluding carboxylic acids is 1. The molecule has 2 aromatic carbocycles. The van der Waals surface area contributed by atoms with Crippen LogP contribution in [0.15, 0.2) is 53.1 Å². The first kappa shape index (κ1) is 25.0. The van der Waals surface area contributed by atoms with Gasteiger partial charge in [0.15, 0.2) is 5.82 Å². The van der Waals surface area contributed by atoms with Gasteiger partial charge in [0.1, 0.15) is 11.6 Å². The maximum Gasteiger partial charge on any atom is 0.226 e. The lowest BCUT2D eigenvalue weighted by Crippen LogP contribution is -2.49. The van der Waals surface area contributed by atoms with Gasteiger partial charge in [-0.1, -0.05) is 50.2 Å². The normalized spacial score (nSPS) is 15.1. The molecular weight excluding hydrogens is 450 g/mol. The van der Waals surface area contributed by atoms with Crippen LogP contribution in [0.4, 0.5) is 8.78 Å². The fourth-order valence-corrected chi connectivity index (χ4v) is 4.34. The predicted octanol–water partition coefficient (Wildman–Crippen LogP) is 4.90. The number of rotatable bonds is 7. The molecule has 1 fully saturated rings. The standard InChI is InChI=1S/C27H32F2N4O2/c1-27(2,3)26-30-23(35-31-26)5-4-6-24(34)32-15-17-33(18-16-32)25(19-7-11-21(28)12-8-19)20-9-13-22(29)14-10-20/h7-14,25H,4-6,15-18H2,1-3H3. The average Bonchev–Trinajstić information content (AvgIpc) is 3.32. The van der Waals surface area contributed by atoms with Crippen molar-refractivity contribution in [3.05, 3.63) is 83.0 Å². The number of hydrogen-bond donors (Lipinski definition) is 0. The van der Waals surface area contributed by atoms with E-state index in [0.29, 0.717) is 57.2 Å². The zero-order valence-electron chi connectivity index (χ0n) is 20.5. The molecule has 1 aliphatic rings. The van der Waals surface area contributed by atoms with Crippen LogP contribution in [0, 0.1) is 11.6 Å². The third-order valence-corrected chi connectivity index (χ3v) is 6.32. The molecule has 3 aromatic rings. The summed E-state index contributed by atoms with van der Waals surface area (Å²) in [6.07, 6.45) is 1.65. The zero-order valence-corrected chi connectivity index (χ0v) is 20.5. The predicted molar refractivity (Wildman–Crippen MR) is 129 cm³/mol. The lowest BCUT2D eigenvalue weighted by atomic mass is 9.96. The van der Waals surface area contributed by atoms with Crippen molar-refractivity contribution in [2.24, 2.45) is 0 Å². The minimum atomic E-state index is -0.294. The Hall–Kier alpha value is -3.13. The molecule has 0 atom stereocenters. The van der Waals surface area contributed by atoms with Crippen molar-refractivity contribution < 1.29 is 18.1 Å². The maximum atomic E-state index is 13.5. The Labute approximate surface area is 204 Å². The average molecular weight is 483 g/mol. The largest absolute Gasteiger partial charge is 0.340 e. The van der Waals surface area contributed by atoms with Gasteiger partial charge < -0.3 is 9.42 Å². The van der Waals surface area contributed by atoms with Crippen molar-refractivity contribution in [1.82, 2.24) is 19.9 Å². The van der Waals surface area contributed by atoms with E-state index in [0.717, 1.165) is 11.1 Å². The second-order valence-electron chi connectivity index (χ2n) is 10.0. The molecule has 0 spiro atoms. The first-order chi connectivity index (χ1) is 16.7. The van der Waals surface area contributed by atoms with Crippen LogP contribution in [0.5, 0.6) is 0 Å². The molecule has 0 radical (unpaired) electrons. The number of hydrogen-bond acceptors (Lipinski definition) is 5. The summed E-state index contributed by atoms with van der Waals surface area (Å²) < 4.78 is 32.4. The van der Waals surface area contributed by atoms with Gasteiger partial charge in [-0.3, -0.25) is 9.69 Å². The maximum absolute atomic E-state index is 13.5. The lowest BCUT2D eigenvalue weighted by Gasteiger charge is -2.40. The van der Waals surface area contributed by atoms with Gasteiger partial charge >= 0.3 is 0 Å². The van der Waals surface area contributed by atoms with Crippen LogP contribution in [-0.4, -0.2) is 52.0 Å². The minimum Gasteiger partial charge on any atom is -0.340 e. The fourth-order valence-electron chi connectivity index (χ4n) is 4.34. The highest BCUT2D eigenvalue weighted by Crippen LogP contribution is 2.30. The molecule has 2 heterocycles. The van der Waals surface area contributed by atoms with E-state index in [1.54, 1.807) is 24.3 Å². The summed E-state index contributed by atoms with van der Waals surface area (Å²) in [7, 11) is 0. The van der Waals surface area contributed by atoms with E-state index in [1.165, 1.54) is 24.3 Å². The topological polar surface area (TPSA) is 62.5 Å². The van der Waals surface area contributed by atoms with E-state index in [1.807, 2.05) is 25.7 Å². The highest BCUT2D eigenvalue weighted by Gasteiger charge is 2.28. The number of carbonyl (C=O) groups is 1. The van der Waals surface area contributed by atoms with Crippen LogP contribution in [0.3, 0.4) is 0 Å². The van der Waals surface area contributed by atoms with Gasteiger partial charge in [0.2, 0.25) is 11.8 Å². The van der Waals surface area contributed by atoms with E-state index in [2.05, 4.69) is 15.0 Å². The van der Waals surface area contributed by atoms with Crippen molar-refractivity contribution in [1.29, 1.82) is 0 Å².